The van der Waals surface area contributed by atoms with Gasteiger partial charge in [-0.3, -0.25) is 0 Å². The van der Waals surface area contributed by atoms with E-state index in [0.29, 0.717) is 6.04 Å². The SMILES string of the molecule is c1cc2c(cc1CNC1CCCCCC1)OCCCO2. The van der Waals surface area contributed by atoms with Crippen LogP contribution in [0.15, 0.2) is 18.2 Å². The Kier molecular flexibility index (Phi) is 4.80. The van der Waals surface area contributed by atoms with Crippen LogP contribution in [0.1, 0.15) is 50.5 Å². The molecule has 1 fully saturated rings. The molecular weight excluding hydrogens is 250 g/mol. The molecule has 1 N–H and O–H groups in total. The van der Waals surface area contributed by atoms with E-state index in [9.17, 15) is 0 Å². The van der Waals surface area contributed by atoms with Crippen molar-refractivity contribution in [3.8, 4) is 11.5 Å². The van der Waals surface area contributed by atoms with Crippen LogP contribution >= 0.6 is 0 Å². The third-order valence-corrected chi connectivity index (χ3v) is 4.26. The Hall–Kier alpha value is -1.22. The molecule has 0 radical (unpaired) electrons. The van der Waals surface area contributed by atoms with Gasteiger partial charge in [0, 0.05) is 19.0 Å². The number of benzene rings is 1. The molecule has 20 heavy (non-hydrogen) atoms. The van der Waals surface area contributed by atoms with Crippen molar-refractivity contribution in [1.29, 1.82) is 0 Å². The maximum Gasteiger partial charge on any atom is 0.161 e. The van der Waals surface area contributed by atoms with Crippen LogP contribution in [0.4, 0.5) is 0 Å². The molecule has 0 bridgehead atoms. The van der Waals surface area contributed by atoms with Crippen molar-refractivity contribution in [3.63, 3.8) is 0 Å². The molecular formula is C17H25NO2. The van der Waals surface area contributed by atoms with E-state index in [1.807, 2.05) is 6.07 Å². The zero-order valence-electron chi connectivity index (χ0n) is 12.2. The van der Waals surface area contributed by atoms with Gasteiger partial charge in [0.2, 0.25) is 0 Å². The smallest absolute Gasteiger partial charge is 0.161 e. The first-order chi connectivity index (χ1) is 9.92. The summed E-state index contributed by atoms with van der Waals surface area (Å²) in [5.41, 5.74) is 1.29. The highest BCUT2D eigenvalue weighted by atomic mass is 16.5. The first-order valence-corrected chi connectivity index (χ1v) is 8.04. The van der Waals surface area contributed by atoms with Crippen molar-refractivity contribution >= 4 is 0 Å². The minimum Gasteiger partial charge on any atom is -0.490 e. The van der Waals surface area contributed by atoms with E-state index in [1.165, 1.54) is 44.1 Å². The molecule has 110 valence electrons. The topological polar surface area (TPSA) is 30.5 Å². The normalized spacial score (nSPS) is 20.2. The van der Waals surface area contributed by atoms with Crippen molar-refractivity contribution in [1.82, 2.24) is 5.32 Å². The maximum atomic E-state index is 5.75. The van der Waals surface area contributed by atoms with E-state index in [-0.39, 0.29) is 0 Å². The predicted octanol–water partition coefficient (Wildman–Crippen LogP) is 3.66. The second kappa shape index (κ2) is 6.98. The van der Waals surface area contributed by atoms with Crippen LogP contribution in [0.2, 0.25) is 0 Å². The lowest BCUT2D eigenvalue weighted by atomic mass is 10.1. The fourth-order valence-electron chi connectivity index (χ4n) is 3.06. The van der Waals surface area contributed by atoms with E-state index in [4.69, 9.17) is 9.47 Å². The molecule has 1 aliphatic heterocycles. The number of rotatable bonds is 3. The molecule has 3 nitrogen and oxygen atoms in total. The fourth-order valence-corrected chi connectivity index (χ4v) is 3.06. The second-order valence-corrected chi connectivity index (χ2v) is 5.90. The molecule has 2 aliphatic rings. The summed E-state index contributed by atoms with van der Waals surface area (Å²) in [7, 11) is 0. The van der Waals surface area contributed by atoms with Gasteiger partial charge in [-0.05, 0) is 30.5 Å². The summed E-state index contributed by atoms with van der Waals surface area (Å²) in [5, 5.41) is 3.70. The number of hydrogen-bond acceptors (Lipinski definition) is 3. The highest BCUT2D eigenvalue weighted by Gasteiger charge is 2.13. The van der Waals surface area contributed by atoms with Crippen LogP contribution in [0.5, 0.6) is 11.5 Å². The van der Waals surface area contributed by atoms with E-state index in [1.54, 1.807) is 0 Å². The van der Waals surface area contributed by atoms with Gasteiger partial charge in [-0.2, -0.15) is 0 Å². The number of hydrogen-bond donors (Lipinski definition) is 1. The van der Waals surface area contributed by atoms with E-state index in [2.05, 4.69) is 17.4 Å². The van der Waals surface area contributed by atoms with Crippen LogP contribution in [0.3, 0.4) is 0 Å². The Morgan fingerprint density at radius 2 is 1.65 bits per heavy atom. The Morgan fingerprint density at radius 3 is 2.45 bits per heavy atom. The quantitative estimate of drug-likeness (QED) is 0.854. The van der Waals surface area contributed by atoms with Gasteiger partial charge in [-0.1, -0.05) is 31.7 Å². The zero-order chi connectivity index (χ0) is 13.6. The first kappa shape index (κ1) is 13.7. The molecule has 1 aromatic carbocycles. The fraction of sp³-hybridized carbons (Fsp3) is 0.647. The number of ether oxygens (including phenoxy) is 2. The van der Waals surface area contributed by atoms with Crippen molar-refractivity contribution in [3.05, 3.63) is 23.8 Å². The summed E-state index contributed by atoms with van der Waals surface area (Å²) >= 11 is 0. The van der Waals surface area contributed by atoms with Crippen LogP contribution < -0.4 is 14.8 Å². The lowest BCUT2D eigenvalue weighted by molar-refractivity contribution is 0.297. The lowest BCUT2D eigenvalue weighted by Crippen LogP contribution is -2.27. The maximum absolute atomic E-state index is 5.75. The third kappa shape index (κ3) is 3.66. The highest BCUT2D eigenvalue weighted by molar-refractivity contribution is 5.43. The third-order valence-electron chi connectivity index (χ3n) is 4.26. The lowest BCUT2D eigenvalue weighted by Gasteiger charge is -2.17. The van der Waals surface area contributed by atoms with Gasteiger partial charge in [0.15, 0.2) is 11.5 Å². The van der Waals surface area contributed by atoms with E-state index >= 15 is 0 Å². The van der Waals surface area contributed by atoms with Crippen molar-refractivity contribution < 1.29 is 9.47 Å². The van der Waals surface area contributed by atoms with Gasteiger partial charge in [-0.25, -0.2) is 0 Å². The standard InChI is InChI=1S/C17H25NO2/c1-2-4-7-15(6-3-1)18-13-14-8-9-16-17(12-14)20-11-5-10-19-16/h8-9,12,15,18H,1-7,10-11,13H2. The molecule has 0 atom stereocenters. The van der Waals surface area contributed by atoms with Gasteiger partial charge in [0.05, 0.1) is 13.2 Å². The Morgan fingerprint density at radius 1 is 0.900 bits per heavy atom. The Labute approximate surface area is 121 Å². The molecule has 0 saturated heterocycles. The van der Waals surface area contributed by atoms with Crippen LogP contribution in [-0.2, 0) is 6.54 Å². The molecule has 0 aromatic heterocycles. The molecule has 0 unspecified atom stereocenters. The number of nitrogens with one attached hydrogen (secondary N) is 1. The van der Waals surface area contributed by atoms with Gasteiger partial charge < -0.3 is 14.8 Å². The monoisotopic (exact) mass is 275 g/mol. The Bertz CT molecular complexity index is 425. The van der Waals surface area contributed by atoms with Crippen molar-refractivity contribution in [2.24, 2.45) is 0 Å². The minimum atomic E-state index is 0.688. The summed E-state index contributed by atoms with van der Waals surface area (Å²) < 4.78 is 11.4. The molecule has 1 aliphatic carbocycles. The summed E-state index contributed by atoms with van der Waals surface area (Å²) in [4.78, 5) is 0. The van der Waals surface area contributed by atoms with E-state index in [0.717, 1.165) is 37.7 Å². The average molecular weight is 275 g/mol. The number of fused-ring (bicyclic) bond motifs is 1. The molecule has 0 spiro atoms. The predicted molar refractivity (Wildman–Crippen MR) is 80.4 cm³/mol. The van der Waals surface area contributed by atoms with Gasteiger partial charge in [0.25, 0.3) is 0 Å². The Balaban J connectivity index is 1.58. The molecule has 0 amide bonds. The van der Waals surface area contributed by atoms with Crippen molar-refractivity contribution in [2.45, 2.75) is 57.5 Å². The van der Waals surface area contributed by atoms with Gasteiger partial charge in [-0.15, -0.1) is 0 Å². The van der Waals surface area contributed by atoms with Crippen LogP contribution in [0, 0.1) is 0 Å². The van der Waals surface area contributed by atoms with Crippen LogP contribution in [0.25, 0.3) is 0 Å². The molecule has 1 aromatic rings. The summed E-state index contributed by atoms with van der Waals surface area (Å²) in [5.74, 6) is 1.79. The summed E-state index contributed by atoms with van der Waals surface area (Å²) in [6, 6.07) is 7.01. The van der Waals surface area contributed by atoms with Gasteiger partial charge in [0.1, 0.15) is 0 Å². The van der Waals surface area contributed by atoms with Crippen LogP contribution in [-0.4, -0.2) is 19.3 Å². The molecule has 3 heteroatoms. The molecule has 1 saturated carbocycles. The molecule has 1 heterocycles. The minimum absolute atomic E-state index is 0.688. The van der Waals surface area contributed by atoms with E-state index < -0.39 is 0 Å². The zero-order valence-corrected chi connectivity index (χ0v) is 12.2. The average Bonchev–Trinajstić information content (AvgIpc) is 2.87. The molecule has 3 rings (SSSR count). The van der Waals surface area contributed by atoms with Crippen molar-refractivity contribution in [2.75, 3.05) is 13.2 Å². The second-order valence-electron chi connectivity index (χ2n) is 5.90. The highest BCUT2D eigenvalue weighted by Crippen LogP contribution is 2.30. The largest absolute Gasteiger partial charge is 0.490 e. The van der Waals surface area contributed by atoms with Gasteiger partial charge >= 0.3 is 0 Å². The summed E-state index contributed by atoms with van der Waals surface area (Å²) in [6.45, 7) is 2.44. The summed E-state index contributed by atoms with van der Waals surface area (Å²) in [6.07, 6.45) is 9.17. The first-order valence-electron chi connectivity index (χ1n) is 8.04.